The number of nitrogens with one attached hydrogen (secondary N) is 1. The second kappa shape index (κ2) is 6.88. The lowest BCUT2D eigenvalue weighted by atomic mass is 10.1. The second-order valence-corrected chi connectivity index (χ2v) is 5.13. The number of hydrogen-bond acceptors (Lipinski definition) is 3. The first-order valence-corrected chi connectivity index (χ1v) is 7.19. The van der Waals surface area contributed by atoms with Crippen LogP contribution in [-0.2, 0) is 13.0 Å². The summed E-state index contributed by atoms with van der Waals surface area (Å²) in [6.45, 7) is 4.62. The van der Waals surface area contributed by atoms with Crippen molar-refractivity contribution in [2.45, 2.75) is 33.2 Å². The molecule has 1 aromatic carbocycles. The number of benzene rings is 1. The predicted octanol–water partition coefficient (Wildman–Crippen LogP) is 2.85. The molecule has 4 nitrogen and oxygen atoms in total. The molecule has 1 amide bonds. The minimum absolute atomic E-state index is 0.121. The molecule has 0 saturated carbocycles. The van der Waals surface area contributed by atoms with E-state index in [1.54, 1.807) is 6.07 Å². The predicted molar refractivity (Wildman–Crippen MR) is 85.0 cm³/mol. The Morgan fingerprint density at radius 3 is 2.76 bits per heavy atom. The van der Waals surface area contributed by atoms with Crippen LogP contribution in [0.4, 0.5) is 5.82 Å². The Labute approximate surface area is 125 Å². The second-order valence-electron chi connectivity index (χ2n) is 5.13. The van der Waals surface area contributed by atoms with Crippen molar-refractivity contribution < 1.29 is 4.79 Å². The number of nitrogens with zero attached hydrogens (tertiary/aromatic N) is 1. The van der Waals surface area contributed by atoms with Gasteiger partial charge in [0.15, 0.2) is 0 Å². The molecule has 0 bridgehead atoms. The van der Waals surface area contributed by atoms with Gasteiger partial charge in [-0.3, -0.25) is 4.79 Å². The van der Waals surface area contributed by atoms with Gasteiger partial charge in [0.05, 0.1) is 0 Å². The first-order chi connectivity index (χ1) is 10.1. The van der Waals surface area contributed by atoms with Gasteiger partial charge in [-0.2, -0.15) is 0 Å². The maximum Gasteiger partial charge on any atom is 0.251 e. The van der Waals surface area contributed by atoms with Crippen LogP contribution in [0, 0.1) is 6.92 Å². The Hall–Kier alpha value is -2.36. The quantitative estimate of drug-likeness (QED) is 0.886. The number of pyridine rings is 1. The van der Waals surface area contributed by atoms with Crippen LogP contribution in [0.2, 0.25) is 0 Å². The molecular weight excluding hydrogens is 262 g/mol. The molecule has 0 spiro atoms. The van der Waals surface area contributed by atoms with E-state index in [2.05, 4.69) is 17.2 Å². The molecule has 0 unspecified atom stereocenters. The molecule has 1 heterocycles. The molecule has 1 aromatic heterocycles. The van der Waals surface area contributed by atoms with E-state index in [9.17, 15) is 4.79 Å². The first-order valence-electron chi connectivity index (χ1n) is 7.19. The number of carbonyl (C=O) groups excluding carboxylic acids is 1. The Kier molecular flexibility index (Phi) is 4.93. The molecule has 0 fully saturated rings. The van der Waals surface area contributed by atoms with Crippen molar-refractivity contribution in [3.63, 3.8) is 0 Å². The van der Waals surface area contributed by atoms with Gasteiger partial charge in [-0.1, -0.05) is 37.6 Å². The number of aryl methyl sites for hydroxylation is 2. The molecule has 21 heavy (non-hydrogen) atoms. The lowest BCUT2D eigenvalue weighted by Gasteiger charge is -2.09. The Morgan fingerprint density at radius 2 is 2.05 bits per heavy atom. The fraction of sp³-hybridized carbons (Fsp3) is 0.294. The van der Waals surface area contributed by atoms with Gasteiger partial charge >= 0.3 is 0 Å². The van der Waals surface area contributed by atoms with Gasteiger partial charge in [0.2, 0.25) is 0 Å². The number of nitrogen functional groups attached to an aromatic ring is 1. The summed E-state index contributed by atoms with van der Waals surface area (Å²) in [5, 5.41) is 2.93. The van der Waals surface area contributed by atoms with E-state index in [-0.39, 0.29) is 5.91 Å². The van der Waals surface area contributed by atoms with Crippen LogP contribution in [0.25, 0.3) is 0 Å². The highest BCUT2D eigenvalue weighted by Crippen LogP contribution is 2.11. The van der Waals surface area contributed by atoms with Crippen molar-refractivity contribution in [3.05, 3.63) is 58.8 Å². The Balaban J connectivity index is 2.08. The van der Waals surface area contributed by atoms with Crippen LogP contribution in [0.5, 0.6) is 0 Å². The SMILES string of the molecule is CCCc1cc(C(=O)NCc2ccccc2C)cc(N)n1. The summed E-state index contributed by atoms with van der Waals surface area (Å²) in [5.41, 5.74) is 9.47. The molecule has 0 aliphatic carbocycles. The van der Waals surface area contributed by atoms with Crippen LogP contribution >= 0.6 is 0 Å². The van der Waals surface area contributed by atoms with Gasteiger partial charge in [-0.05, 0) is 36.6 Å². The number of amides is 1. The standard InChI is InChI=1S/C17H21N3O/c1-3-6-15-9-14(10-16(18)20-15)17(21)19-11-13-8-5-4-7-12(13)2/h4-5,7-10H,3,6,11H2,1-2H3,(H2,18,20)(H,19,21). The van der Waals surface area contributed by atoms with Crippen molar-refractivity contribution in [2.75, 3.05) is 5.73 Å². The molecule has 0 aliphatic heterocycles. The Morgan fingerprint density at radius 1 is 1.29 bits per heavy atom. The number of hydrogen-bond donors (Lipinski definition) is 2. The molecule has 0 atom stereocenters. The normalized spacial score (nSPS) is 10.4. The lowest BCUT2D eigenvalue weighted by molar-refractivity contribution is 0.0950. The summed E-state index contributed by atoms with van der Waals surface area (Å²) in [6, 6.07) is 11.4. The zero-order valence-corrected chi connectivity index (χ0v) is 12.5. The molecule has 0 aliphatic rings. The minimum atomic E-state index is -0.121. The van der Waals surface area contributed by atoms with Crippen LogP contribution in [-0.4, -0.2) is 10.9 Å². The van der Waals surface area contributed by atoms with E-state index >= 15 is 0 Å². The highest BCUT2D eigenvalue weighted by molar-refractivity contribution is 5.94. The van der Waals surface area contributed by atoms with Crippen LogP contribution in [0.1, 0.15) is 40.5 Å². The fourth-order valence-corrected chi connectivity index (χ4v) is 2.21. The van der Waals surface area contributed by atoms with Crippen LogP contribution < -0.4 is 11.1 Å². The largest absolute Gasteiger partial charge is 0.384 e. The number of rotatable bonds is 5. The average molecular weight is 283 g/mol. The van der Waals surface area contributed by atoms with E-state index < -0.39 is 0 Å². The molecule has 2 rings (SSSR count). The minimum Gasteiger partial charge on any atom is -0.384 e. The van der Waals surface area contributed by atoms with E-state index in [4.69, 9.17) is 5.73 Å². The van der Waals surface area contributed by atoms with Gasteiger partial charge in [0.25, 0.3) is 5.91 Å². The zero-order valence-electron chi connectivity index (χ0n) is 12.5. The number of carbonyl (C=O) groups is 1. The van der Waals surface area contributed by atoms with Crippen LogP contribution in [0.15, 0.2) is 36.4 Å². The van der Waals surface area contributed by atoms with Gasteiger partial charge in [-0.15, -0.1) is 0 Å². The molecule has 2 aromatic rings. The zero-order chi connectivity index (χ0) is 15.2. The van der Waals surface area contributed by atoms with Crippen LogP contribution in [0.3, 0.4) is 0 Å². The number of anilines is 1. The van der Waals surface area contributed by atoms with Gasteiger partial charge in [-0.25, -0.2) is 4.98 Å². The van der Waals surface area contributed by atoms with E-state index in [1.165, 1.54) is 5.56 Å². The first kappa shape index (κ1) is 15.0. The molecule has 110 valence electrons. The highest BCUT2D eigenvalue weighted by atomic mass is 16.1. The summed E-state index contributed by atoms with van der Waals surface area (Å²) < 4.78 is 0. The lowest BCUT2D eigenvalue weighted by Crippen LogP contribution is -2.23. The molecule has 0 radical (unpaired) electrons. The summed E-state index contributed by atoms with van der Waals surface area (Å²) in [5.74, 6) is 0.270. The van der Waals surface area contributed by atoms with Crippen molar-refractivity contribution >= 4 is 11.7 Å². The third-order valence-corrected chi connectivity index (χ3v) is 3.37. The molecule has 0 saturated heterocycles. The topological polar surface area (TPSA) is 68.0 Å². The van der Waals surface area contributed by atoms with Gasteiger partial charge in [0, 0.05) is 17.8 Å². The smallest absolute Gasteiger partial charge is 0.251 e. The summed E-state index contributed by atoms with van der Waals surface area (Å²) in [4.78, 5) is 16.5. The van der Waals surface area contributed by atoms with Crippen molar-refractivity contribution in [1.29, 1.82) is 0 Å². The Bertz CT molecular complexity index is 638. The van der Waals surface area contributed by atoms with Crippen molar-refractivity contribution in [2.24, 2.45) is 0 Å². The fourth-order valence-electron chi connectivity index (χ4n) is 2.21. The summed E-state index contributed by atoms with van der Waals surface area (Å²) in [6.07, 6.45) is 1.80. The maximum atomic E-state index is 12.2. The van der Waals surface area contributed by atoms with Gasteiger partial charge < -0.3 is 11.1 Å². The maximum absolute atomic E-state index is 12.2. The van der Waals surface area contributed by atoms with Gasteiger partial charge in [0.1, 0.15) is 5.82 Å². The average Bonchev–Trinajstić information content (AvgIpc) is 2.46. The van der Waals surface area contributed by atoms with Crippen molar-refractivity contribution in [1.82, 2.24) is 10.3 Å². The summed E-state index contributed by atoms with van der Waals surface area (Å²) >= 11 is 0. The highest BCUT2D eigenvalue weighted by Gasteiger charge is 2.09. The summed E-state index contributed by atoms with van der Waals surface area (Å²) in [7, 11) is 0. The third kappa shape index (κ3) is 4.05. The third-order valence-electron chi connectivity index (χ3n) is 3.37. The van der Waals surface area contributed by atoms with E-state index in [0.29, 0.717) is 17.9 Å². The monoisotopic (exact) mass is 283 g/mol. The van der Waals surface area contributed by atoms with Crippen molar-refractivity contribution in [3.8, 4) is 0 Å². The molecule has 3 N–H and O–H groups in total. The van der Waals surface area contributed by atoms with E-state index in [0.717, 1.165) is 24.1 Å². The molecule has 4 heteroatoms. The number of aromatic nitrogens is 1. The van der Waals surface area contributed by atoms with E-state index in [1.807, 2.05) is 37.3 Å². The number of nitrogens with two attached hydrogens (primary N) is 1. The molecular formula is C17H21N3O.